The predicted molar refractivity (Wildman–Crippen MR) is 133 cm³/mol. The summed E-state index contributed by atoms with van der Waals surface area (Å²) >= 11 is 0. The smallest absolute Gasteiger partial charge is 0.326 e. The van der Waals surface area contributed by atoms with Crippen LogP contribution in [0.2, 0.25) is 0 Å². The van der Waals surface area contributed by atoms with Crippen LogP contribution in [0.5, 0.6) is 11.6 Å². The van der Waals surface area contributed by atoms with Gasteiger partial charge < -0.3 is 37.1 Å². The van der Waals surface area contributed by atoms with Gasteiger partial charge in [-0.3, -0.25) is 24.2 Å². The number of rotatable bonds is 11. The first-order valence-electron chi connectivity index (χ1n) is 11.0. The predicted octanol–water partition coefficient (Wildman–Crippen LogP) is 0.351. The van der Waals surface area contributed by atoms with E-state index >= 15 is 0 Å². The fraction of sp³-hybridized carbons (Fsp3) is 0.174. The van der Waals surface area contributed by atoms with E-state index in [2.05, 4.69) is 25.6 Å². The van der Waals surface area contributed by atoms with Gasteiger partial charge in [-0.1, -0.05) is 18.2 Å². The summed E-state index contributed by atoms with van der Waals surface area (Å²) < 4.78 is 5.72. The number of para-hydroxylation sites is 1. The highest BCUT2D eigenvalue weighted by Crippen LogP contribution is 2.28. The number of nitrogens with two attached hydrogens (primary N) is 2. The molecule has 0 bridgehead atoms. The normalized spacial score (nSPS) is 11.3. The van der Waals surface area contributed by atoms with Gasteiger partial charge in [0.1, 0.15) is 29.0 Å². The number of anilines is 3. The van der Waals surface area contributed by atoms with Gasteiger partial charge in [0.15, 0.2) is 0 Å². The van der Waals surface area contributed by atoms with E-state index in [0.717, 1.165) is 0 Å². The number of aromatic nitrogens is 3. The minimum Gasteiger partial charge on any atom is -0.481 e. The summed E-state index contributed by atoms with van der Waals surface area (Å²) in [7, 11) is 0. The van der Waals surface area contributed by atoms with Crippen molar-refractivity contribution >= 4 is 41.2 Å². The minimum atomic E-state index is -1.48. The number of aromatic amines is 1. The largest absolute Gasteiger partial charge is 0.481 e. The summed E-state index contributed by atoms with van der Waals surface area (Å²) in [5.41, 5.74) is 10.1. The number of carboxylic acids is 2. The van der Waals surface area contributed by atoms with Crippen LogP contribution < -0.4 is 32.4 Å². The van der Waals surface area contributed by atoms with Crippen molar-refractivity contribution in [3.8, 4) is 11.6 Å². The molecule has 2 amide bonds. The molecule has 0 saturated heterocycles. The molecule has 1 aromatic carbocycles. The van der Waals surface area contributed by atoms with Crippen molar-refractivity contribution < 1.29 is 34.1 Å². The Bertz CT molecular complexity index is 1430. The Balaban J connectivity index is 1.86. The van der Waals surface area contributed by atoms with Gasteiger partial charge in [-0.2, -0.15) is 4.98 Å². The van der Waals surface area contributed by atoms with E-state index in [4.69, 9.17) is 21.3 Å². The van der Waals surface area contributed by atoms with Crippen molar-refractivity contribution in [3.05, 3.63) is 64.1 Å². The zero-order valence-electron chi connectivity index (χ0n) is 19.6. The summed E-state index contributed by atoms with van der Waals surface area (Å²) in [5, 5.41) is 22.8. The van der Waals surface area contributed by atoms with E-state index in [1.165, 1.54) is 12.1 Å². The number of pyridine rings is 1. The van der Waals surface area contributed by atoms with E-state index in [1.807, 2.05) is 0 Å². The maximum Gasteiger partial charge on any atom is 0.326 e. The van der Waals surface area contributed by atoms with Gasteiger partial charge in [-0.05, 0) is 30.7 Å². The highest BCUT2D eigenvalue weighted by Gasteiger charge is 2.24. The van der Waals surface area contributed by atoms with Gasteiger partial charge in [0.05, 0.1) is 12.0 Å². The van der Waals surface area contributed by atoms with Crippen molar-refractivity contribution in [2.24, 2.45) is 0 Å². The SMILES string of the molecule is Nc1nc(N)c(CC(=O)Nc2ccc(C(=O)NC(CCC(=O)O)C(=O)O)nc2Oc2ccccc2)c(=O)[nH]1. The highest BCUT2D eigenvalue weighted by molar-refractivity contribution is 5.97. The molecule has 198 valence electrons. The Morgan fingerprint density at radius 2 is 1.74 bits per heavy atom. The van der Waals surface area contributed by atoms with Gasteiger partial charge in [-0.15, -0.1) is 0 Å². The Labute approximate surface area is 213 Å². The molecule has 2 aromatic heterocycles. The summed E-state index contributed by atoms with van der Waals surface area (Å²) in [6, 6.07) is 9.28. The standard InChI is InChI=1S/C23H23N7O8/c24-18-12(19(34)30-23(25)29-18)10-16(31)26-14-7-6-13(28-21(14)38-11-4-2-1-3-5-11)20(35)27-15(22(36)37)8-9-17(32)33/h1-7,15H,8-10H2,(H,26,31)(H,27,35)(H,32,33)(H,36,37)(H5,24,25,29,30,34). The van der Waals surface area contributed by atoms with Crippen LogP contribution in [0.15, 0.2) is 47.3 Å². The van der Waals surface area contributed by atoms with Crippen molar-refractivity contribution in [2.75, 3.05) is 16.8 Å². The van der Waals surface area contributed by atoms with Crippen molar-refractivity contribution in [3.63, 3.8) is 0 Å². The van der Waals surface area contributed by atoms with Gasteiger partial charge in [0, 0.05) is 6.42 Å². The van der Waals surface area contributed by atoms with E-state index in [-0.39, 0.29) is 41.0 Å². The highest BCUT2D eigenvalue weighted by atomic mass is 16.5. The van der Waals surface area contributed by atoms with E-state index in [9.17, 15) is 29.1 Å². The number of nitrogens with zero attached hydrogens (tertiary/aromatic N) is 2. The summed E-state index contributed by atoms with van der Waals surface area (Å²) in [6.07, 6.45) is -1.29. The maximum absolute atomic E-state index is 12.7. The van der Waals surface area contributed by atoms with Crippen LogP contribution in [0.1, 0.15) is 28.9 Å². The summed E-state index contributed by atoms with van der Waals surface area (Å²) in [5.74, 6) is -4.58. The zero-order chi connectivity index (χ0) is 27.8. The molecule has 0 aliphatic carbocycles. The Hall–Kier alpha value is -5.47. The fourth-order valence-electron chi connectivity index (χ4n) is 3.16. The van der Waals surface area contributed by atoms with Crippen molar-refractivity contribution in [1.29, 1.82) is 0 Å². The number of hydrogen-bond acceptors (Lipinski definition) is 10. The van der Waals surface area contributed by atoms with Crippen LogP contribution in [-0.2, 0) is 20.8 Å². The van der Waals surface area contributed by atoms with Gasteiger partial charge in [-0.25, -0.2) is 9.78 Å². The van der Waals surface area contributed by atoms with Gasteiger partial charge >= 0.3 is 11.9 Å². The number of carboxylic acid groups (broad SMARTS) is 2. The molecule has 0 saturated carbocycles. The molecular formula is C23H23N7O8. The molecule has 15 heteroatoms. The lowest BCUT2D eigenvalue weighted by Gasteiger charge is -2.15. The number of aliphatic carboxylic acids is 2. The molecule has 0 radical (unpaired) electrons. The number of amides is 2. The topological polar surface area (TPSA) is 253 Å². The lowest BCUT2D eigenvalue weighted by Crippen LogP contribution is -2.41. The first-order valence-corrected chi connectivity index (χ1v) is 11.0. The number of nitrogen functional groups attached to an aromatic ring is 2. The maximum atomic E-state index is 12.7. The fourth-order valence-corrected chi connectivity index (χ4v) is 3.16. The third-order valence-electron chi connectivity index (χ3n) is 4.98. The molecule has 0 aliphatic rings. The average Bonchev–Trinajstić information content (AvgIpc) is 2.85. The van der Waals surface area contributed by atoms with Crippen LogP contribution in [0, 0.1) is 0 Å². The Kier molecular flexibility index (Phi) is 8.55. The lowest BCUT2D eigenvalue weighted by molar-refractivity contribution is -0.140. The van der Waals surface area contributed by atoms with E-state index in [1.54, 1.807) is 30.3 Å². The second-order valence-corrected chi connectivity index (χ2v) is 7.80. The van der Waals surface area contributed by atoms with Crippen molar-refractivity contribution in [1.82, 2.24) is 20.3 Å². The first kappa shape index (κ1) is 27.1. The molecule has 0 aliphatic heterocycles. The molecule has 1 atom stereocenters. The quantitative estimate of drug-likeness (QED) is 0.179. The van der Waals surface area contributed by atoms with Gasteiger partial charge in [0.25, 0.3) is 11.5 Å². The number of carbonyl (C=O) groups excluding carboxylic acids is 2. The minimum absolute atomic E-state index is 0.0227. The molecule has 1 unspecified atom stereocenters. The molecular weight excluding hydrogens is 502 g/mol. The van der Waals surface area contributed by atoms with Crippen molar-refractivity contribution in [2.45, 2.75) is 25.3 Å². The molecule has 0 fully saturated rings. The van der Waals surface area contributed by atoms with Gasteiger partial charge in [0.2, 0.25) is 17.7 Å². The number of ether oxygens (including phenoxy) is 1. The molecule has 3 aromatic rings. The number of nitrogens with one attached hydrogen (secondary N) is 3. The molecule has 2 heterocycles. The number of H-pyrrole nitrogens is 1. The first-order chi connectivity index (χ1) is 18.0. The van der Waals surface area contributed by atoms with E-state index in [0.29, 0.717) is 5.75 Å². The van der Waals surface area contributed by atoms with Crippen LogP contribution in [-0.4, -0.2) is 55.0 Å². The summed E-state index contributed by atoms with van der Waals surface area (Å²) in [4.78, 5) is 69.8. The molecule has 0 spiro atoms. The third-order valence-corrected chi connectivity index (χ3v) is 4.98. The Morgan fingerprint density at radius 1 is 1.03 bits per heavy atom. The number of hydrogen-bond donors (Lipinski definition) is 7. The third kappa shape index (κ3) is 7.27. The molecule has 9 N–H and O–H groups in total. The summed E-state index contributed by atoms with van der Waals surface area (Å²) in [6.45, 7) is 0. The van der Waals surface area contributed by atoms with E-state index < -0.39 is 48.2 Å². The van der Waals surface area contributed by atoms with Crippen LogP contribution in [0.25, 0.3) is 0 Å². The average molecular weight is 525 g/mol. The second kappa shape index (κ2) is 12.0. The monoisotopic (exact) mass is 525 g/mol. The second-order valence-electron chi connectivity index (χ2n) is 7.80. The lowest BCUT2D eigenvalue weighted by atomic mass is 10.1. The number of carbonyl (C=O) groups is 4. The van der Waals surface area contributed by atoms with Crippen LogP contribution in [0.4, 0.5) is 17.5 Å². The molecule has 38 heavy (non-hydrogen) atoms. The van der Waals surface area contributed by atoms with Crippen LogP contribution >= 0.6 is 0 Å². The number of benzene rings is 1. The van der Waals surface area contributed by atoms with Crippen LogP contribution in [0.3, 0.4) is 0 Å². The zero-order valence-corrected chi connectivity index (χ0v) is 19.6. The Morgan fingerprint density at radius 3 is 2.37 bits per heavy atom. The molecule has 3 rings (SSSR count). The molecule has 15 nitrogen and oxygen atoms in total.